The van der Waals surface area contributed by atoms with Crippen LogP contribution in [0.1, 0.15) is 23.5 Å². The Hall–Kier alpha value is -3.18. The van der Waals surface area contributed by atoms with Crippen molar-refractivity contribution in [2.24, 2.45) is 0 Å². The number of fused-ring (bicyclic) bond motifs is 1. The van der Waals surface area contributed by atoms with E-state index in [4.69, 9.17) is 16.3 Å². The van der Waals surface area contributed by atoms with Crippen molar-refractivity contribution in [3.63, 3.8) is 0 Å². The molecule has 37 heavy (non-hydrogen) atoms. The summed E-state index contributed by atoms with van der Waals surface area (Å²) >= 11 is 7.51. The van der Waals surface area contributed by atoms with Gasteiger partial charge in [0, 0.05) is 23.2 Å². The fraction of sp³-hybridized carbons (Fsp3) is 0.192. The number of rotatable bonds is 9. The van der Waals surface area contributed by atoms with Crippen molar-refractivity contribution in [3.8, 4) is 5.75 Å². The minimum absolute atomic E-state index is 0.0292. The Morgan fingerprint density at radius 3 is 2.46 bits per heavy atom. The zero-order chi connectivity index (χ0) is 26.7. The molecular weight excluding hydrogens is 537 g/mol. The third-order valence-corrected chi connectivity index (χ3v) is 9.46. The van der Waals surface area contributed by atoms with Gasteiger partial charge in [0.1, 0.15) is 16.4 Å². The van der Waals surface area contributed by atoms with Gasteiger partial charge in [-0.05, 0) is 48.5 Å². The number of carbonyl (C=O) groups excluding carboxylic acids is 1. The smallest absolute Gasteiger partial charge is 0.267 e. The zero-order valence-electron chi connectivity index (χ0n) is 20.3. The lowest BCUT2D eigenvalue weighted by Crippen LogP contribution is -2.30. The van der Waals surface area contributed by atoms with Crippen LogP contribution in [0.4, 0.5) is 21.5 Å². The van der Waals surface area contributed by atoms with Crippen LogP contribution >= 0.6 is 22.9 Å². The van der Waals surface area contributed by atoms with Gasteiger partial charge in [0.05, 0.1) is 34.1 Å². The summed E-state index contributed by atoms with van der Waals surface area (Å²) in [5.41, 5.74) is 1.29. The molecule has 7 nitrogen and oxygen atoms in total. The number of hydrogen-bond donors (Lipinski definition) is 2. The second-order valence-corrected chi connectivity index (χ2v) is 11.3. The number of thiophene rings is 1. The molecule has 0 fully saturated rings. The van der Waals surface area contributed by atoms with Crippen LogP contribution in [0.2, 0.25) is 5.02 Å². The standard InChI is InChI=1S/C26H25ClFN3O4S2/c1-4-31(5-2)37(33,34)17-11-13-19(29-20-8-6-7-9-22(20)35-3)21(15-17)30-26(32)25-24(27)18-12-10-16(28)14-23(18)36-25/h6-15,29H,4-5H2,1-3H3,(H,30,32). The van der Waals surface area contributed by atoms with Crippen LogP contribution in [-0.2, 0) is 10.0 Å². The SMILES string of the molecule is CCN(CC)S(=O)(=O)c1ccc(Nc2ccccc2OC)c(NC(=O)c2sc3cc(F)ccc3c2Cl)c1. The number of halogens is 2. The number of amides is 1. The summed E-state index contributed by atoms with van der Waals surface area (Å²) in [5, 5.41) is 6.76. The quantitative estimate of drug-likeness (QED) is 0.236. The van der Waals surface area contributed by atoms with E-state index in [1.807, 2.05) is 12.1 Å². The first-order valence-electron chi connectivity index (χ1n) is 11.4. The third-order valence-electron chi connectivity index (χ3n) is 5.76. The van der Waals surface area contributed by atoms with E-state index in [0.29, 0.717) is 40.3 Å². The van der Waals surface area contributed by atoms with E-state index in [0.717, 1.165) is 11.3 Å². The highest BCUT2D eigenvalue weighted by Crippen LogP contribution is 2.38. The Bertz CT molecular complexity index is 1570. The highest BCUT2D eigenvalue weighted by atomic mass is 35.5. The first kappa shape index (κ1) is 26.9. The number of para-hydroxylation sites is 2. The molecule has 0 bridgehead atoms. The Labute approximate surface area is 223 Å². The summed E-state index contributed by atoms with van der Waals surface area (Å²) in [6, 6.07) is 15.8. The molecule has 1 aromatic heterocycles. The molecule has 11 heteroatoms. The maximum Gasteiger partial charge on any atom is 0.267 e. The highest BCUT2D eigenvalue weighted by molar-refractivity contribution is 7.89. The van der Waals surface area contributed by atoms with Crippen molar-refractivity contribution < 1.29 is 22.3 Å². The normalized spacial score (nSPS) is 11.6. The lowest BCUT2D eigenvalue weighted by Gasteiger charge is -2.20. The summed E-state index contributed by atoms with van der Waals surface area (Å²) < 4.78 is 47.4. The van der Waals surface area contributed by atoms with Crippen LogP contribution in [0.3, 0.4) is 0 Å². The molecule has 0 aliphatic heterocycles. The summed E-state index contributed by atoms with van der Waals surface area (Å²) in [6.07, 6.45) is 0. The number of nitrogens with zero attached hydrogens (tertiary/aromatic N) is 1. The predicted octanol–water partition coefficient (Wildman–Crippen LogP) is 6.73. The Morgan fingerprint density at radius 1 is 1.03 bits per heavy atom. The predicted molar refractivity (Wildman–Crippen MR) is 148 cm³/mol. The van der Waals surface area contributed by atoms with Gasteiger partial charge in [0.25, 0.3) is 5.91 Å². The summed E-state index contributed by atoms with van der Waals surface area (Å²) in [6.45, 7) is 4.12. The number of methoxy groups -OCH3 is 1. The maximum atomic E-state index is 13.7. The van der Waals surface area contributed by atoms with E-state index >= 15 is 0 Å². The van der Waals surface area contributed by atoms with E-state index in [-0.39, 0.29) is 20.5 Å². The number of anilines is 3. The van der Waals surface area contributed by atoms with Crippen molar-refractivity contribution in [3.05, 3.63) is 76.4 Å². The second-order valence-electron chi connectivity index (χ2n) is 7.96. The Kier molecular flexibility index (Phi) is 8.03. The molecule has 3 aromatic carbocycles. The van der Waals surface area contributed by atoms with E-state index < -0.39 is 21.7 Å². The highest BCUT2D eigenvalue weighted by Gasteiger charge is 2.24. The number of benzene rings is 3. The molecule has 0 aliphatic rings. The van der Waals surface area contributed by atoms with Crippen molar-refractivity contribution in [1.82, 2.24) is 4.31 Å². The van der Waals surface area contributed by atoms with E-state index in [1.54, 1.807) is 32.0 Å². The van der Waals surface area contributed by atoms with Crippen molar-refractivity contribution in [1.29, 1.82) is 0 Å². The van der Waals surface area contributed by atoms with E-state index in [2.05, 4.69) is 10.6 Å². The van der Waals surface area contributed by atoms with Gasteiger partial charge in [0.2, 0.25) is 10.0 Å². The molecular formula is C26H25ClFN3O4S2. The number of ether oxygens (including phenoxy) is 1. The minimum atomic E-state index is -3.80. The molecule has 0 atom stereocenters. The molecule has 0 saturated heterocycles. The van der Waals surface area contributed by atoms with Gasteiger partial charge in [0.15, 0.2) is 0 Å². The fourth-order valence-electron chi connectivity index (χ4n) is 3.87. The average molecular weight is 562 g/mol. The van der Waals surface area contributed by atoms with Crippen molar-refractivity contribution >= 4 is 66.0 Å². The number of nitrogens with one attached hydrogen (secondary N) is 2. The van der Waals surface area contributed by atoms with Gasteiger partial charge >= 0.3 is 0 Å². The number of hydrogen-bond acceptors (Lipinski definition) is 6. The molecule has 4 aromatic rings. The van der Waals surface area contributed by atoms with Crippen molar-refractivity contribution in [2.45, 2.75) is 18.7 Å². The van der Waals surface area contributed by atoms with Crippen molar-refractivity contribution in [2.75, 3.05) is 30.8 Å². The van der Waals surface area contributed by atoms with Gasteiger partial charge in [-0.3, -0.25) is 4.79 Å². The second kappa shape index (κ2) is 11.1. The molecule has 194 valence electrons. The molecule has 0 radical (unpaired) electrons. The monoisotopic (exact) mass is 561 g/mol. The molecule has 1 heterocycles. The Balaban J connectivity index is 1.78. The number of carbonyl (C=O) groups is 1. The van der Waals surface area contributed by atoms with Crippen LogP contribution in [-0.4, -0.2) is 38.8 Å². The Morgan fingerprint density at radius 2 is 1.76 bits per heavy atom. The van der Waals surface area contributed by atoms with Gasteiger partial charge in [-0.15, -0.1) is 11.3 Å². The van der Waals surface area contributed by atoms with Crippen LogP contribution in [0.25, 0.3) is 10.1 Å². The molecule has 2 N–H and O–H groups in total. The van der Waals surface area contributed by atoms with Crippen LogP contribution in [0.5, 0.6) is 5.75 Å². The lowest BCUT2D eigenvalue weighted by molar-refractivity contribution is 0.103. The van der Waals surface area contributed by atoms with Crippen LogP contribution < -0.4 is 15.4 Å². The zero-order valence-corrected chi connectivity index (χ0v) is 22.7. The first-order valence-corrected chi connectivity index (χ1v) is 14.1. The topological polar surface area (TPSA) is 87.7 Å². The summed E-state index contributed by atoms with van der Waals surface area (Å²) in [5.74, 6) is -0.420. The molecule has 0 aliphatic carbocycles. The molecule has 0 spiro atoms. The summed E-state index contributed by atoms with van der Waals surface area (Å²) in [7, 11) is -2.26. The summed E-state index contributed by atoms with van der Waals surface area (Å²) in [4.78, 5) is 13.5. The third kappa shape index (κ3) is 5.42. The van der Waals surface area contributed by atoms with Crippen LogP contribution in [0, 0.1) is 5.82 Å². The van der Waals surface area contributed by atoms with Gasteiger partial charge in [-0.2, -0.15) is 4.31 Å². The van der Waals surface area contributed by atoms with E-state index in [9.17, 15) is 17.6 Å². The van der Waals surface area contributed by atoms with E-state index in [1.165, 1.54) is 41.7 Å². The fourth-order valence-corrected chi connectivity index (χ4v) is 6.79. The van der Waals surface area contributed by atoms with Gasteiger partial charge in [-0.25, -0.2) is 12.8 Å². The molecule has 0 unspecified atom stereocenters. The first-order chi connectivity index (χ1) is 17.7. The number of sulfonamides is 1. The lowest BCUT2D eigenvalue weighted by atomic mass is 10.2. The molecule has 0 saturated carbocycles. The largest absolute Gasteiger partial charge is 0.495 e. The molecule has 4 rings (SSSR count). The molecule has 1 amide bonds. The van der Waals surface area contributed by atoms with Gasteiger partial charge < -0.3 is 15.4 Å². The average Bonchev–Trinajstić information content (AvgIpc) is 3.21. The maximum absolute atomic E-state index is 13.7. The minimum Gasteiger partial charge on any atom is -0.495 e. The van der Waals surface area contributed by atoms with Crippen LogP contribution in [0.15, 0.2) is 65.6 Å². The van der Waals surface area contributed by atoms with Gasteiger partial charge in [-0.1, -0.05) is 37.6 Å².